The minimum atomic E-state index is -0.410. The molecule has 0 bridgehead atoms. The molecule has 0 spiro atoms. The van der Waals surface area contributed by atoms with Crippen molar-refractivity contribution in [3.05, 3.63) is 67.1 Å². The lowest BCUT2D eigenvalue weighted by molar-refractivity contribution is 0.260. The Labute approximate surface area is 210 Å². The summed E-state index contributed by atoms with van der Waals surface area (Å²) in [7, 11) is 3.91. The van der Waals surface area contributed by atoms with Crippen LogP contribution in [-0.2, 0) is 0 Å². The van der Waals surface area contributed by atoms with E-state index in [2.05, 4.69) is 30.1 Å². The van der Waals surface area contributed by atoms with Crippen LogP contribution in [0.25, 0.3) is 56.1 Å². The van der Waals surface area contributed by atoms with Gasteiger partial charge >= 0.3 is 0 Å². The number of hydrogen-bond acceptors (Lipinski definition) is 8. The van der Waals surface area contributed by atoms with Crippen LogP contribution in [-0.4, -0.2) is 72.2 Å². The van der Waals surface area contributed by atoms with E-state index < -0.39 is 5.82 Å². The molecule has 2 N–H and O–H groups in total. The molecule has 37 heavy (non-hydrogen) atoms. The van der Waals surface area contributed by atoms with Gasteiger partial charge in [-0.05, 0) is 44.4 Å². The highest BCUT2D eigenvalue weighted by Crippen LogP contribution is 2.32. The Morgan fingerprint density at radius 1 is 0.919 bits per heavy atom. The zero-order chi connectivity index (χ0) is 25.4. The quantitative estimate of drug-likeness (QED) is 0.340. The van der Waals surface area contributed by atoms with E-state index in [4.69, 9.17) is 14.7 Å². The minimum absolute atomic E-state index is 0.410. The molecular weight excluding hydrogens is 473 g/mol. The number of rotatable bonds is 7. The second-order valence-electron chi connectivity index (χ2n) is 8.76. The van der Waals surface area contributed by atoms with Gasteiger partial charge in [0, 0.05) is 42.3 Å². The zero-order valence-corrected chi connectivity index (χ0v) is 20.1. The molecule has 0 unspecified atom stereocenters. The summed E-state index contributed by atoms with van der Waals surface area (Å²) in [6.07, 6.45) is 6.55. The molecule has 11 heteroatoms. The number of nitrogens with zero attached hydrogens (tertiary/aromatic N) is 7. The largest absolute Gasteiger partial charge is 0.492 e. The predicted octanol–water partition coefficient (Wildman–Crippen LogP) is 4.10. The third kappa shape index (κ3) is 4.47. The second-order valence-corrected chi connectivity index (χ2v) is 8.76. The van der Waals surface area contributed by atoms with E-state index in [1.54, 1.807) is 24.7 Å². The third-order valence-corrected chi connectivity index (χ3v) is 5.84. The van der Waals surface area contributed by atoms with Gasteiger partial charge in [0.25, 0.3) is 0 Å². The van der Waals surface area contributed by atoms with Crippen LogP contribution in [0.5, 0.6) is 5.75 Å². The molecule has 0 aliphatic heterocycles. The van der Waals surface area contributed by atoms with E-state index in [1.165, 1.54) is 18.5 Å². The first kappa shape index (κ1) is 22.7. The normalized spacial score (nSPS) is 11.6. The number of aromatic amines is 2. The number of nitrogens with one attached hydrogen (secondary N) is 2. The van der Waals surface area contributed by atoms with Crippen LogP contribution < -0.4 is 4.74 Å². The van der Waals surface area contributed by atoms with Crippen molar-refractivity contribution in [2.75, 3.05) is 27.2 Å². The number of benzene rings is 1. The lowest BCUT2D eigenvalue weighted by atomic mass is 10.1. The zero-order valence-electron chi connectivity index (χ0n) is 20.1. The van der Waals surface area contributed by atoms with Gasteiger partial charge in [-0.25, -0.2) is 24.3 Å². The van der Waals surface area contributed by atoms with Crippen molar-refractivity contribution >= 4 is 22.1 Å². The van der Waals surface area contributed by atoms with Gasteiger partial charge in [-0.3, -0.25) is 10.1 Å². The van der Waals surface area contributed by atoms with Crippen molar-refractivity contribution < 1.29 is 9.13 Å². The van der Waals surface area contributed by atoms with E-state index in [0.29, 0.717) is 52.7 Å². The third-order valence-electron chi connectivity index (χ3n) is 5.84. The van der Waals surface area contributed by atoms with Crippen molar-refractivity contribution in [2.45, 2.75) is 0 Å². The lowest BCUT2D eigenvalue weighted by Gasteiger charge is -2.12. The first-order valence-electron chi connectivity index (χ1n) is 11.6. The number of hydrogen-bond donors (Lipinski definition) is 2. The molecular formula is C26H22FN9O. The summed E-state index contributed by atoms with van der Waals surface area (Å²) in [5, 5.41) is 7.47. The summed E-state index contributed by atoms with van der Waals surface area (Å²) in [6, 6.07) is 10.2. The molecule has 0 amide bonds. The molecule has 0 saturated carbocycles. The maximum Gasteiger partial charge on any atom is 0.161 e. The van der Waals surface area contributed by atoms with Crippen molar-refractivity contribution in [3.63, 3.8) is 0 Å². The molecule has 0 fully saturated rings. The van der Waals surface area contributed by atoms with Crippen LogP contribution >= 0.6 is 0 Å². The fraction of sp³-hybridized carbons (Fsp3) is 0.154. The van der Waals surface area contributed by atoms with Gasteiger partial charge in [-0.2, -0.15) is 5.10 Å². The molecule has 0 saturated heterocycles. The summed E-state index contributed by atoms with van der Waals surface area (Å²) in [4.78, 5) is 27.5. The monoisotopic (exact) mass is 495 g/mol. The highest BCUT2D eigenvalue weighted by atomic mass is 19.1. The number of H-pyrrole nitrogens is 2. The second kappa shape index (κ2) is 9.36. The summed E-state index contributed by atoms with van der Waals surface area (Å²) in [6.45, 7) is 1.16. The number of pyridine rings is 2. The van der Waals surface area contributed by atoms with Crippen LogP contribution in [0.4, 0.5) is 4.39 Å². The van der Waals surface area contributed by atoms with Gasteiger partial charge in [0.15, 0.2) is 11.5 Å². The van der Waals surface area contributed by atoms with Gasteiger partial charge < -0.3 is 14.6 Å². The van der Waals surface area contributed by atoms with Crippen LogP contribution in [0.1, 0.15) is 0 Å². The minimum Gasteiger partial charge on any atom is -0.492 e. The molecule has 10 nitrogen and oxygen atoms in total. The maximum absolute atomic E-state index is 14.5. The fourth-order valence-electron chi connectivity index (χ4n) is 4.04. The van der Waals surface area contributed by atoms with E-state index in [9.17, 15) is 4.39 Å². The van der Waals surface area contributed by atoms with E-state index in [1.807, 2.05) is 37.2 Å². The number of aromatic nitrogens is 8. The molecule has 0 atom stereocenters. The summed E-state index contributed by atoms with van der Waals surface area (Å²) in [5.41, 5.74) is 5.91. The Balaban J connectivity index is 1.41. The summed E-state index contributed by atoms with van der Waals surface area (Å²) < 4.78 is 20.3. The highest BCUT2D eigenvalue weighted by molar-refractivity contribution is 5.95. The maximum atomic E-state index is 14.5. The fourth-order valence-corrected chi connectivity index (χ4v) is 4.04. The standard InChI is InChI=1S/C26H22FN9O/c1-36(2)7-8-37-18-10-15(9-17(27)11-18)22-23-20(5-6-30-22)32-26(33-23)25-24-21(34-35-25)4-3-19(31-24)16-12-28-14-29-13-16/h3-6,9-14H,7-8H2,1-2H3,(H,32,33)(H,34,35). The number of likely N-dealkylation sites (N-methyl/N-ethyl adjacent to an activating group) is 1. The van der Waals surface area contributed by atoms with E-state index in [-0.39, 0.29) is 0 Å². The van der Waals surface area contributed by atoms with Crippen LogP contribution in [0.2, 0.25) is 0 Å². The van der Waals surface area contributed by atoms with Crippen molar-refractivity contribution in [1.82, 2.24) is 45.0 Å². The molecule has 5 heterocycles. The molecule has 6 aromatic rings. The van der Waals surface area contributed by atoms with Gasteiger partial charge in [0.2, 0.25) is 0 Å². The molecule has 1 aromatic carbocycles. The topological polar surface area (TPSA) is 121 Å². The number of halogens is 1. The molecule has 5 aromatic heterocycles. The highest BCUT2D eigenvalue weighted by Gasteiger charge is 2.18. The Bertz CT molecular complexity index is 1710. The smallest absolute Gasteiger partial charge is 0.161 e. The average Bonchev–Trinajstić information content (AvgIpc) is 3.52. The first-order valence-corrected chi connectivity index (χ1v) is 11.6. The molecule has 0 aliphatic rings. The summed E-state index contributed by atoms with van der Waals surface area (Å²) in [5.74, 6) is 0.543. The molecule has 6 rings (SSSR count). The van der Waals surface area contributed by atoms with Crippen LogP contribution in [0.15, 0.2) is 61.3 Å². The molecule has 0 aliphatic carbocycles. The van der Waals surface area contributed by atoms with Crippen molar-refractivity contribution in [3.8, 4) is 39.8 Å². The van der Waals surface area contributed by atoms with Crippen molar-refractivity contribution in [1.29, 1.82) is 0 Å². The Kier molecular flexibility index (Phi) is 5.73. The Morgan fingerprint density at radius 2 is 1.76 bits per heavy atom. The Hall–Kier alpha value is -4.77. The van der Waals surface area contributed by atoms with Crippen molar-refractivity contribution in [2.24, 2.45) is 0 Å². The average molecular weight is 496 g/mol. The van der Waals surface area contributed by atoms with Gasteiger partial charge in [-0.15, -0.1) is 0 Å². The van der Waals surface area contributed by atoms with Gasteiger partial charge in [0.1, 0.15) is 35.5 Å². The van der Waals surface area contributed by atoms with E-state index in [0.717, 1.165) is 22.3 Å². The lowest BCUT2D eigenvalue weighted by Crippen LogP contribution is -2.19. The van der Waals surface area contributed by atoms with Gasteiger partial charge in [0.05, 0.1) is 22.4 Å². The SMILES string of the molecule is CN(C)CCOc1cc(F)cc(-c2nccc3[nH]c(-c4n[nH]c5ccc(-c6cncnc6)nc45)nc23)c1. The summed E-state index contributed by atoms with van der Waals surface area (Å²) >= 11 is 0. The number of ether oxygens (including phenoxy) is 1. The predicted molar refractivity (Wildman–Crippen MR) is 137 cm³/mol. The van der Waals surface area contributed by atoms with Crippen LogP contribution in [0.3, 0.4) is 0 Å². The number of fused-ring (bicyclic) bond motifs is 2. The number of imidazole rings is 1. The Morgan fingerprint density at radius 3 is 2.59 bits per heavy atom. The molecule has 0 radical (unpaired) electrons. The van der Waals surface area contributed by atoms with E-state index >= 15 is 0 Å². The first-order chi connectivity index (χ1) is 18.0. The molecule has 184 valence electrons. The van der Waals surface area contributed by atoms with Gasteiger partial charge in [-0.1, -0.05) is 0 Å². The van der Waals surface area contributed by atoms with Crippen LogP contribution in [0, 0.1) is 5.82 Å².